The van der Waals surface area contributed by atoms with Gasteiger partial charge in [-0.1, -0.05) is 12.8 Å². The molecule has 0 atom stereocenters. The van der Waals surface area contributed by atoms with Gasteiger partial charge in [-0.2, -0.15) is 0 Å². The summed E-state index contributed by atoms with van der Waals surface area (Å²) in [7, 11) is 1.62. The van der Waals surface area contributed by atoms with E-state index in [1.165, 1.54) is 18.9 Å². The SMILES string of the molecule is CNc1cc(F)cc(F)c1OCC1CCCC1. The van der Waals surface area contributed by atoms with Crippen molar-refractivity contribution >= 4 is 5.69 Å². The molecule has 0 heterocycles. The van der Waals surface area contributed by atoms with Gasteiger partial charge >= 0.3 is 0 Å². The third kappa shape index (κ3) is 2.87. The molecule has 2 rings (SSSR count). The Labute approximate surface area is 100.0 Å². The van der Waals surface area contributed by atoms with Gasteiger partial charge in [-0.3, -0.25) is 0 Å². The second-order valence-electron chi connectivity index (χ2n) is 4.48. The molecule has 2 nitrogen and oxygen atoms in total. The summed E-state index contributed by atoms with van der Waals surface area (Å²) in [5.41, 5.74) is 0.362. The van der Waals surface area contributed by atoms with Crippen molar-refractivity contribution in [3.8, 4) is 5.75 Å². The standard InChI is InChI=1S/C13H17F2NO/c1-16-12-7-10(14)6-11(15)13(12)17-8-9-4-2-3-5-9/h6-7,9,16H,2-5,8H2,1H3. The van der Waals surface area contributed by atoms with Crippen LogP contribution in [0.3, 0.4) is 0 Å². The zero-order valence-electron chi connectivity index (χ0n) is 9.93. The van der Waals surface area contributed by atoms with E-state index in [9.17, 15) is 8.78 Å². The lowest BCUT2D eigenvalue weighted by molar-refractivity contribution is 0.243. The second-order valence-corrected chi connectivity index (χ2v) is 4.48. The topological polar surface area (TPSA) is 21.3 Å². The monoisotopic (exact) mass is 241 g/mol. The molecule has 0 radical (unpaired) electrons. The molecule has 94 valence electrons. The summed E-state index contributed by atoms with van der Waals surface area (Å²) in [6, 6.07) is 2.10. The first-order valence-electron chi connectivity index (χ1n) is 6.00. The van der Waals surface area contributed by atoms with Gasteiger partial charge in [0.1, 0.15) is 5.82 Å². The van der Waals surface area contributed by atoms with E-state index >= 15 is 0 Å². The fourth-order valence-corrected chi connectivity index (χ4v) is 2.27. The molecule has 1 aromatic carbocycles. The summed E-state index contributed by atoms with van der Waals surface area (Å²) >= 11 is 0. The van der Waals surface area contributed by atoms with Crippen molar-refractivity contribution in [2.75, 3.05) is 19.0 Å². The summed E-state index contributed by atoms with van der Waals surface area (Å²) in [6.45, 7) is 0.511. The van der Waals surface area contributed by atoms with Crippen LogP contribution in [-0.4, -0.2) is 13.7 Å². The van der Waals surface area contributed by atoms with Gasteiger partial charge in [-0.05, 0) is 18.8 Å². The predicted octanol–water partition coefficient (Wildman–Crippen LogP) is 3.58. The van der Waals surface area contributed by atoms with Gasteiger partial charge in [0, 0.05) is 19.2 Å². The largest absolute Gasteiger partial charge is 0.488 e. The first-order chi connectivity index (χ1) is 8.20. The van der Waals surface area contributed by atoms with Crippen molar-refractivity contribution in [2.45, 2.75) is 25.7 Å². The minimum absolute atomic E-state index is 0.126. The lowest BCUT2D eigenvalue weighted by Gasteiger charge is -2.15. The number of hydrogen-bond donors (Lipinski definition) is 1. The Bertz CT molecular complexity index is 389. The Morgan fingerprint density at radius 1 is 1.29 bits per heavy atom. The molecular formula is C13H17F2NO. The zero-order valence-corrected chi connectivity index (χ0v) is 9.93. The Kier molecular flexibility index (Phi) is 3.82. The lowest BCUT2D eigenvalue weighted by atomic mass is 10.1. The maximum Gasteiger partial charge on any atom is 0.178 e. The van der Waals surface area contributed by atoms with Crippen LogP contribution in [0.5, 0.6) is 5.75 Å². The maximum atomic E-state index is 13.6. The van der Waals surface area contributed by atoms with Crippen LogP contribution < -0.4 is 10.1 Å². The highest BCUT2D eigenvalue weighted by Gasteiger charge is 2.18. The van der Waals surface area contributed by atoms with Gasteiger partial charge in [0.15, 0.2) is 11.6 Å². The number of rotatable bonds is 4. The average Bonchev–Trinajstić information content (AvgIpc) is 2.79. The summed E-state index contributed by atoms with van der Waals surface area (Å²) in [5, 5.41) is 2.75. The van der Waals surface area contributed by atoms with Crippen molar-refractivity contribution in [3.63, 3.8) is 0 Å². The molecule has 1 fully saturated rings. The molecule has 0 spiro atoms. The van der Waals surface area contributed by atoms with Gasteiger partial charge in [0.05, 0.1) is 12.3 Å². The van der Waals surface area contributed by atoms with Crippen LogP contribution in [0, 0.1) is 17.6 Å². The maximum absolute atomic E-state index is 13.6. The molecule has 1 saturated carbocycles. The smallest absolute Gasteiger partial charge is 0.178 e. The van der Waals surface area contributed by atoms with Gasteiger partial charge in [0.25, 0.3) is 0 Å². The molecule has 17 heavy (non-hydrogen) atoms. The third-order valence-electron chi connectivity index (χ3n) is 3.22. The fraction of sp³-hybridized carbons (Fsp3) is 0.538. The van der Waals surface area contributed by atoms with E-state index in [4.69, 9.17) is 4.74 Å². The number of hydrogen-bond acceptors (Lipinski definition) is 2. The fourth-order valence-electron chi connectivity index (χ4n) is 2.27. The molecule has 0 aromatic heterocycles. The normalized spacial score (nSPS) is 16.2. The quantitative estimate of drug-likeness (QED) is 0.870. The van der Waals surface area contributed by atoms with Crippen molar-refractivity contribution in [3.05, 3.63) is 23.8 Å². The van der Waals surface area contributed by atoms with Crippen molar-refractivity contribution < 1.29 is 13.5 Å². The van der Waals surface area contributed by atoms with Crippen LogP contribution in [0.2, 0.25) is 0 Å². The highest BCUT2D eigenvalue weighted by molar-refractivity contribution is 5.56. The minimum atomic E-state index is -0.646. The van der Waals surface area contributed by atoms with Crippen molar-refractivity contribution in [1.29, 1.82) is 0 Å². The molecular weight excluding hydrogens is 224 g/mol. The summed E-state index contributed by atoms with van der Waals surface area (Å²) in [5.74, 6) is -0.614. The van der Waals surface area contributed by atoms with Crippen LogP contribution in [0.25, 0.3) is 0 Å². The van der Waals surface area contributed by atoms with Crippen LogP contribution in [-0.2, 0) is 0 Å². The Morgan fingerprint density at radius 3 is 2.65 bits per heavy atom. The lowest BCUT2D eigenvalue weighted by Crippen LogP contribution is -2.10. The Balaban J connectivity index is 2.08. The molecule has 0 saturated heterocycles. The number of halogens is 2. The summed E-state index contributed by atoms with van der Waals surface area (Å²) in [4.78, 5) is 0. The minimum Gasteiger partial charge on any atom is -0.488 e. The highest BCUT2D eigenvalue weighted by atomic mass is 19.1. The number of ether oxygens (including phenoxy) is 1. The van der Waals surface area contributed by atoms with E-state index in [0.29, 0.717) is 18.2 Å². The molecule has 0 unspecified atom stereocenters. The second kappa shape index (κ2) is 5.34. The average molecular weight is 241 g/mol. The third-order valence-corrected chi connectivity index (χ3v) is 3.22. The Hall–Kier alpha value is -1.32. The molecule has 1 aliphatic rings. The van der Waals surface area contributed by atoms with E-state index in [1.54, 1.807) is 7.05 Å². The molecule has 0 aliphatic heterocycles. The molecule has 1 aromatic rings. The number of benzene rings is 1. The first kappa shape index (κ1) is 12.1. The number of anilines is 1. The van der Waals surface area contributed by atoms with Crippen molar-refractivity contribution in [1.82, 2.24) is 0 Å². The molecule has 1 N–H and O–H groups in total. The Morgan fingerprint density at radius 2 is 2.00 bits per heavy atom. The highest BCUT2D eigenvalue weighted by Crippen LogP contribution is 2.31. The van der Waals surface area contributed by atoms with E-state index in [0.717, 1.165) is 18.9 Å². The van der Waals surface area contributed by atoms with Crippen LogP contribution in [0.1, 0.15) is 25.7 Å². The van der Waals surface area contributed by atoms with E-state index in [-0.39, 0.29) is 5.75 Å². The predicted molar refractivity (Wildman–Crippen MR) is 63.4 cm³/mol. The van der Waals surface area contributed by atoms with Gasteiger partial charge < -0.3 is 10.1 Å². The molecule has 4 heteroatoms. The van der Waals surface area contributed by atoms with Crippen molar-refractivity contribution in [2.24, 2.45) is 5.92 Å². The van der Waals surface area contributed by atoms with Gasteiger partial charge in [-0.25, -0.2) is 8.78 Å². The number of nitrogens with one attached hydrogen (secondary N) is 1. The van der Waals surface area contributed by atoms with E-state index in [1.807, 2.05) is 0 Å². The molecule has 0 amide bonds. The van der Waals surface area contributed by atoms with Gasteiger partial charge in [-0.15, -0.1) is 0 Å². The summed E-state index contributed by atoms with van der Waals surface area (Å²) < 4.78 is 32.1. The van der Waals surface area contributed by atoms with E-state index < -0.39 is 11.6 Å². The zero-order chi connectivity index (χ0) is 12.3. The van der Waals surface area contributed by atoms with Crippen LogP contribution >= 0.6 is 0 Å². The van der Waals surface area contributed by atoms with Crippen LogP contribution in [0.15, 0.2) is 12.1 Å². The molecule has 1 aliphatic carbocycles. The van der Waals surface area contributed by atoms with E-state index in [2.05, 4.69) is 5.32 Å². The molecule has 0 bridgehead atoms. The van der Waals surface area contributed by atoms with Gasteiger partial charge in [0.2, 0.25) is 0 Å². The summed E-state index contributed by atoms with van der Waals surface area (Å²) in [6.07, 6.45) is 4.72. The van der Waals surface area contributed by atoms with Crippen LogP contribution in [0.4, 0.5) is 14.5 Å². The first-order valence-corrected chi connectivity index (χ1v) is 6.00.